The third-order valence-electron chi connectivity index (χ3n) is 5.96. The molecule has 0 fully saturated rings. The third kappa shape index (κ3) is 4.00. The lowest BCUT2D eigenvalue weighted by Gasteiger charge is -2.17. The summed E-state index contributed by atoms with van der Waals surface area (Å²) in [4.78, 5) is 21.7. The van der Waals surface area contributed by atoms with Gasteiger partial charge in [-0.25, -0.2) is 9.37 Å². The second kappa shape index (κ2) is 8.54. The van der Waals surface area contributed by atoms with Crippen LogP contribution in [0.4, 0.5) is 15.9 Å². The molecular weight excluding hydrogens is 419 g/mol. The summed E-state index contributed by atoms with van der Waals surface area (Å²) in [5.41, 5.74) is 10.4. The van der Waals surface area contributed by atoms with Gasteiger partial charge in [0.15, 0.2) is 5.82 Å². The molecule has 4 N–H and O–H groups in total. The zero-order valence-electron chi connectivity index (χ0n) is 18.4. The summed E-state index contributed by atoms with van der Waals surface area (Å²) in [6, 6.07) is 13.9. The van der Waals surface area contributed by atoms with Gasteiger partial charge in [0.2, 0.25) is 11.9 Å². The largest absolute Gasteiger partial charge is 0.381 e. The molecule has 0 aliphatic carbocycles. The molecule has 5 rings (SSSR count). The number of fused-ring (bicyclic) bond motifs is 2. The first-order valence-corrected chi connectivity index (χ1v) is 11.1. The first-order chi connectivity index (χ1) is 16.0. The van der Waals surface area contributed by atoms with Crippen molar-refractivity contribution in [1.29, 1.82) is 0 Å². The van der Waals surface area contributed by atoms with Gasteiger partial charge in [-0.05, 0) is 62.1 Å². The number of primary amides is 1. The van der Waals surface area contributed by atoms with Crippen molar-refractivity contribution < 1.29 is 9.18 Å². The maximum atomic E-state index is 13.7. The van der Waals surface area contributed by atoms with Crippen molar-refractivity contribution in [3.63, 3.8) is 0 Å². The summed E-state index contributed by atoms with van der Waals surface area (Å²) in [6.07, 6.45) is 2.90. The number of nitrogens with one attached hydrogen (secondary N) is 2. The second-order valence-electron chi connectivity index (χ2n) is 8.29. The number of rotatable bonds is 5. The van der Waals surface area contributed by atoms with E-state index < -0.39 is 5.91 Å². The van der Waals surface area contributed by atoms with E-state index in [-0.39, 0.29) is 5.82 Å². The number of amides is 1. The number of benzene rings is 2. The summed E-state index contributed by atoms with van der Waals surface area (Å²) in [5.74, 6) is 0.457. The van der Waals surface area contributed by atoms with Gasteiger partial charge in [0, 0.05) is 29.7 Å². The molecule has 1 aliphatic rings. The van der Waals surface area contributed by atoms with Gasteiger partial charge in [-0.2, -0.15) is 4.98 Å². The molecule has 0 spiro atoms. The average Bonchev–Trinajstić information content (AvgIpc) is 2.96. The molecule has 4 aromatic rings. The Morgan fingerprint density at radius 3 is 2.85 bits per heavy atom. The van der Waals surface area contributed by atoms with Gasteiger partial charge in [-0.1, -0.05) is 18.2 Å². The van der Waals surface area contributed by atoms with E-state index in [1.54, 1.807) is 12.1 Å². The highest BCUT2D eigenvalue weighted by atomic mass is 19.1. The number of carbonyl (C=O) groups excluding carboxylic acids is 1. The van der Waals surface area contributed by atoms with Crippen LogP contribution in [-0.2, 0) is 13.0 Å². The van der Waals surface area contributed by atoms with Crippen molar-refractivity contribution in [1.82, 2.24) is 14.5 Å². The van der Waals surface area contributed by atoms with E-state index in [1.165, 1.54) is 12.1 Å². The fraction of sp³-hybridized carbons (Fsp3) is 0.240. The summed E-state index contributed by atoms with van der Waals surface area (Å²) in [5, 5.41) is 7.61. The van der Waals surface area contributed by atoms with Crippen LogP contribution in [0.15, 0.2) is 48.5 Å². The van der Waals surface area contributed by atoms with Crippen molar-refractivity contribution >= 4 is 28.3 Å². The smallest absolute Gasteiger partial charge is 0.249 e. The molecule has 168 valence electrons. The Morgan fingerprint density at radius 2 is 2.03 bits per heavy atom. The van der Waals surface area contributed by atoms with Crippen LogP contribution in [0.1, 0.15) is 40.2 Å². The van der Waals surface area contributed by atoms with Crippen LogP contribution in [0.2, 0.25) is 0 Å². The SMILES string of the molecule is Cc1cc2c(C(N)=O)cccc2n1-c1nc2c(c(NCc3cccc(F)c3)n1)NCCCC2. The minimum Gasteiger partial charge on any atom is -0.381 e. The van der Waals surface area contributed by atoms with Crippen molar-refractivity contribution in [2.75, 3.05) is 17.2 Å². The molecule has 3 heterocycles. The maximum absolute atomic E-state index is 13.7. The molecule has 0 atom stereocenters. The predicted octanol–water partition coefficient (Wildman–Crippen LogP) is 4.33. The van der Waals surface area contributed by atoms with Gasteiger partial charge in [0.05, 0.1) is 16.9 Å². The van der Waals surface area contributed by atoms with Crippen LogP contribution in [0.5, 0.6) is 0 Å². The fourth-order valence-electron chi connectivity index (χ4n) is 4.40. The Morgan fingerprint density at radius 1 is 1.18 bits per heavy atom. The number of halogens is 1. The second-order valence-corrected chi connectivity index (χ2v) is 8.29. The monoisotopic (exact) mass is 444 g/mol. The van der Waals surface area contributed by atoms with Gasteiger partial charge < -0.3 is 16.4 Å². The topological polar surface area (TPSA) is 97.9 Å². The van der Waals surface area contributed by atoms with Crippen molar-refractivity contribution in [3.8, 4) is 5.95 Å². The molecule has 0 radical (unpaired) electrons. The van der Waals surface area contributed by atoms with Crippen molar-refractivity contribution in [2.45, 2.75) is 32.7 Å². The molecule has 0 unspecified atom stereocenters. The highest BCUT2D eigenvalue weighted by Gasteiger charge is 2.20. The number of nitrogens with zero attached hydrogens (tertiary/aromatic N) is 3. The fourth-order valence-corrected chi connectivity index (χ4v) is 4.40. The van der Waals surface area contributed by atoms with Crippen LogP contribution in [-0.4, -0.2) is 27.0 Å². The van der Waals surface area contributed by atoms with E-state index in [1.807, 2.05) is 35.8 Å². The quantitative estimate of drug-likeness (QED) is 0.426. The van der Waals surface area contributed by atoms with Crippen LogP contribution in [0, 0.1) is 12.7 Å². The number of aromatic nitrogens is 3. The molecule has 2 aromatic carbocycles. The molecule has 1 amide bonds. The molecule has 8 heteroatoms. The molecule has 0 bridgehead atoms. The van der Waals surface area contributed by atoms with E-state index in [9.17, 15) is 9.18 Å². The van der Waals surface area contributed by atoms with E-state index in [2.05, 4.69) is 10.6 Å². The molecule has 0 saturated heterocycles. The lowest BCUT2D eigenvalue weighted by atomic mass is 10.1. The Bertz CT molecular complexity index is 1360. The minimum atomic E-state index is -0.470. The van der Waals surface area contributed by atoms with E-state index in [0.29, 0.717) is 23.9 Å². The van der Waals surface area contributed by atoms with Gasteiger partial charge >= 0.3 is 0 Å². The molecule has 7 nitrogen and oxygen atoms in total. The minimum absolute atomic E-state index is 0.269. The standard InChI is InChI=1S/C25H25FN6O/c1-15-12-19-18(23(27)33)8-5-10-21(19)32(15)25-30-20-9-2-3-11-28-22(20)24(31-25)29-14-16-6-4-7-17(26)13-16/h4-8,10,12-13,28H,2-3,9,11,14H2,1H3,(H2,27,33)(H,29,30,31). The number of aryl methyl sites for hydroxylation is 2. The Balaban J connectivity index is 1.62. The zero-order valence-corrected chi connectivity index (χ0v) is 18.4. The first-order valence-electron chi connectivity index (χ1n) is 11.1. The zero-order chi connectivity index (χ0) is 22.9. The normalized spacial score (nSPS) is 13.3. The summed E-state index contributed by atoms with van der Waals surface area (Å²) in [6.45, 7) is 3.23. The number of nitrogens with two attached hydrogens (primary N) is 1. The van der Waals surface area contributed by atoms with Gasteiger partial charge in [-0.3, -0.25) is 9.36 Å². The van der Waals surface area contributed by atoms with E-state index >= 15 is 0 Å². The van der Waals surface area contributed by atoms with Gasteiger partial charge in [-0.15, -0.1) is 0 Å². The molecule has 1 aliphatic heterocycles. The Kier molecular flexibility index (Phi) is 5.42. The van der Waals surface area contributed by atoms with Gasteiger partial charge in [0.1, 0.15) is 5.82 Å². The van der Waals surface area contributed by atoms with E-state index in [4.69, 9.17) is 15.7 Å². The summed E-state index contributed by atoms with van der Waals surface area (Å²) in [7, 11) is 0. The number of hydrogen-bond acceptors (Lipinski definition) is 5. The number of hydrogen-bond donors (Lipinski definition) is 3. The Labute approximate surface area is 190 Å². The first kappa shape index (κ1) is 20.9. The van der Waals surface area contributed by atoms with Crippen molar-refractivity contribution in [3.05, 3.63) is 76.9 Å². The third-order valence-corrected chi connectivity index (χ3v) is 5.96. The summed E-state index contributed by atoms with van der Waals surface area (Å²) < 4.78 is 15.6. The van der Waals surface area contributed by atoms with Crippen molar-refractivity contribution in [2.24, 2.45) is 5.73 Å². The number of anilines is 2. The molecular formula is C25H25FN6O. The maximum Gasteiger partial charge on any atom is 0.249 e. The average molecular weight is 445 g/mol. The van der Waals surface area contributed by atoms with E-state index in [0.717, 1.165) is 59.3 Å². The Hall–Kier alpha value is -3.94. The lowest BCUT2D eigenvalue weighted by Crippen LogP contribution is -2.14. The predicted molar refractivity (Wildman–Crippen MR) is 127 cm³/mol. The van der Waals surface area contributed by atoms with Gasteiger partial charge in [0.25, 0.3) is 0 Å². The van der Waals surface area contributed by atoms with Crippen LogP contribution < -0.4 is 16.4 Å². The molecule has 2 aromatic heterocycles. The highest BCUT2D eigenvalue weighted by Crippen LogP contribution is 2.31. The van der Waals surface area contributed by atoms with Crippen LogP contribution in [0.3, 0.4) is 0 Å². The molecule has 33 heavy (non-hydrogen) atoms. The highest BCUT2D eigenvalue weighted by molar-refractivity contribution is 6.06. The molecule has 0 saturated carbocycles. The lowest BCUT2D eigenvalue weighted by molar-refractivity contribution is 0.100. The van der Waals surface area contributed by atoms with Crippen LogP contribution in [0.25, 0.3) is 16.9 Å². The van der Waals surface area contributed by atoms with Crippen LogP contribution >= 0.6 is 0 Å². The number of carbonyl (C=O) groups is 1. The summed E-state index contributed by atoms with van der Waals surface area (Å²) >= 11 is 0.